The third kappa shape index (κ3) is 1.80. The van der Waals surface area contributed by atoms with Crippen LogP contribution in [0.1, 0.15) is 0 Å². The normalized spacial score (nSPS) is 49.2. The van der Waals surface area contributed by atoms with Crippen molar-refractivity contribution in [2.24, 2.45) is 0 Å². The molecule has 1 unspecified atom stereocenters. The van der Waals surface area contributed by atoms with Crippen molar-refractivity contribution >= 4 is 16.0 Å². The van der Waals surface area contributed by atoms with Crippen LogP contribution in [0, 0.1) is 0 Å². The van der Waals surface area contributed by atoms with Crippen molar-refractivity contribution in [3.05, 3.63) is 0 Å². The molecule has 1 radical (unpaired) electrons. The second-order valence-corrected chi connectivity index (χ2v) is 3.67. The predicted molar refractivity (Wildman–Crippen MR) is 39.5 cm³/mol. The Morgan fingerprint density at radius 2 is 1.67 bits per heavy atom. The summed E-state index contributed by atoms with van der Waals surface area (Å²) in [7, 11) is 0. The van der Waals surface area contributed by atoms with Crippen molar-refractivity contribution in [3.63, 3.8) is 0 Å². The number of rotatable bonds is 1. The van der Waals surface area contributed by atoms with Gasteiger partial charge in [0.1, 0.15) is 0 Å². The zero-order chi connectivity index (χ0) is 9.30. The summed E-state index contributed by atoms with van der Waals surface area (Å²) in [6.07, 6.45) is -4.51. The van der Waals surface area contributed by atoms with E-state index in [1.54, 1.807) is 0 Å². The van der Waals surface area contributed by atoms with Gasteiger partial charge in [0.05, 0.1) is 0 Å². The molecule has 1 aliphatic heterocycles. The third-order valence-corrected chi connectivity index (χ3v) is 2.67. The summed E-state index contributed by atoms with van der Waals surface area (Å²) >= 11 is 2.49. The molecule has 1 rings (SSSR count). The molecule has 0 spiro atoms. The van der Waals surface area contributed by atoms with Crippen molar-refractivity contribution in [1.82, 2.24) is 0 Å². The van der Waals surface area contributed by atoms with Gasteiger partial charge in [-0.1, -0.05) is 0 Å². The molecule has 0 aromatic heterocycles. The molecule has 0 amide bonds. The monoisotopic (exact) mass is 243 g/mol. The molecular weight excluding hydrogens is 231 g/mol. The van der Waals surface area contributed by atoms with Crippen LogP contribution in [0.25, 0.3) is 0 Å². The minimum absolute atomic E-state index is 0.386. The Bertz CT molecular complexity index is 150. The number of ether oxygens (including phenoxy) is 1. The van der Waals surface area contributed by atoms with E-state index in [0.717, 1.165) is 0 Å². The van der Waals surface area contributed by atoms with Crippen LogP contribution in [0.4, 0.5) is 0 Å². The van der Waals surface area contributed by atoms with Crippen molar-refractivity contribution in [2.75, 3.05) is 6.61 Å². The van der Waals surface area contributed by atoms with Crippen LogP contribution in [0.2, 0.25) is 0 Å². The molecule has 5 atom stereocenters. The van der Waals surface area contributed by atoms with Crippen molar-refractivity contribution in [3.8, 4) is 0 Å². The zero-order valence-electron chi connectivity index (χ0n) is 6.20. The molecule has 4 N–H and O–H groups in total. The summed E-state index contributed by atoms with van der Waals surface area (Å²) in [6.45, 7) is -0.386. The van der Waals surface area contributed by atoms with Gasteiger partial charge in [-0.3, -0.25) is 0 Å². The molecule has 5 nitrogen and oxygen atoms in total. The van der Waals surface area contributed by atoms with E-state index < -0.39 is 29.4 Å². The van der Waals surface area contributed by atoms with Crippen LogP contribution in [0.3, 0.4) is 0 Å². The molecule has 0 aromatic rings. The second kappa shape index (κ2) is 4.02. The van der Waals surface area contributed by atoms with Crippen LogP contribution in [-0.4, -0.2) is 72.5 Å². The van der Waals surface area contributed by atoms with Crippen LogP contribution >= 0.6 is 0 Å². The van der Waals surface area contributed by atoms with Gasteiger partial charge < -0.3 is 0 Å². The SMILES string of the molecule is OC[C@H]1OC([Se])[C@H](O)[C@@H](O)[C@@H]1O. The van der Waals surface area contributed by atoms with Gasteiger partial charge in [-0.05, 0) is 0 Å². The van der Waals surface area contributed by atoms with Gasteiger partial charge in [-0.2, -0.15) is 0 Å². The van der Waals surface area contributed by atoms with E-state index in [0.29, 0.717) is 0 Å². The zero-order valence-corrected chi connectivity index (χ0v) is 7.91. The van der Waals surface area contributed by atoms with E-state index in [1.807, 2.05) is 0 Å². The van der Waals surface area contributed by atoms with Gasteiger partial charge in [0.15, 0.2) is 0 Å². The van der Waals surface area contributed by atoms with E-state index in [1.165, 1.54) is 0 Å². The first-order valence-electron chi connectivity index (χ1n) is 3.54. The van der Waals surface area contributed by atoms with E-state index in [4.69, 9.17) is 9.84 Å². The molecular formula is C6H11O5Se. The molecule has 71 valence electrons. The summed E-state index contributed by atoms with van der Waals surface area (Å²) in [5, 5.41) is 35.6. The molecule has 6 heteroatoms. The summed E-state index contributed by atoms with van der Waals surface area (Å²) in [5.74, 6) is 0. The van der Waals surface area contributed by atoms with Gasteiger partial charge in [0, 0.05) is 0 Å². The van der Waals surface area contributed by atoms with Crippen molar-refractivity contribution in [1.29, 1.82) is 0 Å². The van der Waals surface area contributed by atoms with Crippen molar-refractivity contribution < 1.29 is 25.2 Å². The van der Waals surface area contributed by atoms with Crippen molar-refractivity contribution in [2.45, 2.75) is 29.4 Å². The van der Waals surface area contributed by atoms with Crippen LogP contribution in [0.15, 0.2) is 0 Å². The number of aliphatic hydroxyl groups excluding tert-OH is 4. The van der Waals surface area contributed by atoms with Crippen LogP contribution in [-0.2, 0) is 4.74 Å². The molecule has 1 saturated heterocycles. The Balaban J connectivity index is 2.63. The summed E-state index contributed by atoms with van der Waals surface area (Å²) in [4.78, 5) is 0. The quantitative estimate of drug-likeness (QED) is 0.367. The molecule has 0 saturated carbocycles. The number of hydrogen-bond donors (Lipinski definition) is 4. The van der Waals surface area contributed by atoms with E-state index in [9.17, 15) is 15.3 Å². The van der Waals surface area contributed by atoms with Gasteiger partial charge in [0.25, 0.3) is 0 Å². The molecule has 12 heavy (non-hydrogen) atoms. The minimum atomic E-state index is -1.28. The summed E-state index contributed by atoms with van der Waals surface area (Å²) < 4.78 is 4.96. The van der Waals surface area contributed by atoms with Gasteiger partial charge >= 0.3 is 77.2 Å². The Labute approximate surface area is 77.8 Å². The second-order valence-electron chi connectivity index (χ2n) is 2.70. The molecule has 0 aromatic carbocycles. The maximum atomic E-state index is 9.22. The van der Waals surface area contributed by atoms with E-state index in [2.05, 4.69) is 16.0 Å². The Kier molecular flexibility index (Phi) is 3.48. The summed E-state index contributed by atoms with van der Waals surface area (Å²) in [5.41, 5.74) is 0. The Morgan fingerprint density at radius 1 is 1.08 bits per heavy atom. The standard InChI is InChI=1S/C6H11O5Se/c7-1-2-3(8)4(9)5(10)6(12)11-2/h2-10H,1H2/t2-,3-,4+,5-,6?/m1/s1. The van der Waals surface area contributed by atoms with Gasteiger partial charge in [0.2, 0.25) is 0 Å². The Morgan fingerprint density at radius 3 is 2.17 bits per heavy atom. The van der Waals surface area contributed by atoms with E-state index in [-0.39, 0.29) is 6.61 Å². The maximum absolute atomic E-state index is 9.22. The van der Waals surface area contributed by atoms with Crippen LogP contribution in [0.5, 0.6) is 0 Å². The summed E-state index contributed by atoms with van der Waals surface area (Å²) in [6, 6.07) is 0. The topological polar surface area (TPSA) is 90.2 Å². The molecule has 1 fully saturated rings. The predicted octanol–water partition coefficient (Wildman–Crippen LogP) is -3.05. The number of hydrogen-bond acceptors (Lipinski definition) is 5. The average Bonchev–Trinajstić information content (AvgIpc) is 2.08. The molecule has 1 heterocycles. The Hall–Kier alpha value is 0.319. The number of aliphatic hydroxyl groups is 4. The molecule has 0 bridgehead atoms. The first kappa shape index (κ1) is 10.4. The average molecular weight is 242 g/mol. The van der Waals surface area contributed by atoms with Gasteiger partial charge in [-0.25, -0.2) is 0 Å². The fourth-order valence-corrected chi connectivity index (χ4v) is 1.70. The first-order chi connectivity index (χ1) is 5.57. The van der Waals surface area contributed by atoms with E-state index >= 15 is 0 Å². The van der Waals surface area contributed by atoms with Gasteiger partial charge in [-0.15, -0.1) is 0 Å². The fraction of sp³-hybridized carbons (Fsp3) is 1.00. The third-order valence-electron chi connectivity index (χ3n) is 1.85. The first-order valence-corrected chi connectivity index (χ1v) is 4.53. The molecule has 1 aliphatic rings. The fourth-order valence-electron chi connectivity index (χ4n) is 1.07. The van der Waals surface area contributed by atoms with Crippen LogP contribution < -0.4 is 0 Å². The molecule has 0 aliphatic carbocycles.